The van der Waals surface area contributed by atoms with Crippen molar-refractivity contribution in [1.29, 1.82) is 0 Å². The van der Waals surface area contributed by atoms with Crippen LogP contribution in [0.25, 0.3) is 33.6 Å². The Morgan fingerprint density at radius 1 is 0.865 bits per heavy atom. The number of H-pyrrole nitrogens is 2. The van der Waals surface area contributed by atoms with Gasteiger partial charge in [0.1, 0.15) is 23.3 Å². The summed E-state index contributed by atoms with van der Waals surface area (Å²) in [7, 11) is 1.27. The number of methoxy groups -OCH3 is 1. The molecule has 2 aromatic heterocycles. The van der Waals surface area contributed by atoms with E-state index in [2.05, 4.69) is 44.9 Å². The highest BCUT2D eigenvalue weighted by Crippen LogP contribution is 2.33. The molecule has 274 valence electrons. The number of amides is 3. The molecule has 0 radical (unpaired) electrons. The summed E-state index contributed by atoms with van der Waals surface area (Å²) in [5, 5.41) is 5.67. The summed E-state index contributed by atoms with van der Waals surface area (Å²) >= 11 is 0. The van der Waals surface area contributed by atoms with Gasteiger partial charge in [-0.1, -0.05) is 60.7 Å². The number of alkyl carbamates (subject to hydrolysis) is 1. The fourth-order valence-corrected chi connectivity index (χ4v) is 6.40. The fourth-order valence-electron chi connectivity index (χ4n) is 6.40. The van der Waals surface area contributed by atoms with E-state index in [4.69, 9.17) is 24.2 Å². The molecule has 2 aliphatic heterocycles. The Labute approximate surface area is 303 Å². The summed E-state index contributed by atoms with van der Waals surface area (Å²) in [6.07, 6.45) is 9.86. The molecule has 3 atom stereocenters. The van der Waals surface area contributed by atoms with Crippen LogP contribution in [0.3, 0.4) is 0 Å². The van der Waals surface area contributed by atoms with Crippen LogP contribution in [0.1, 0.15) is 76.6 Å². The third kappa shape index (κ3) is 9.07. The van der Waals surface area contributed by atoms with Crippen LogP contribution in [0.15, 0.2) is 73.1 Å². The van der Waals surface area contributed by atoms with Gasteiger partial charge in [-0.25, -0.2) is 19.6 Å². The number of imidazole rings is 2. The second-order valence-electron chi connectivity index (χ2n) is 14.0. The number of ether oxygens (including phenoxy) is 3. The van der Waals surface area contributed by atoms with Crippen LogP contribution in [-0.4, -0.2) is 81.4 Å². The van der Waals surface area contributed by atoms with E-state index in [0.717, 1.165) is 52.3 Å². The average molecular weight is 710 g/mol. The standard InChI is InChI=1S/C39H47N7O6/c1-39(2,3)52-38(49)46-20-8-10-33(46)35-41-24-32(43-35)28-17-13-26(14-18-28)25-11-15-27(16-12-25)31-23-40-34(42-31)29-19-22-51-21-7-5-6-9-30(36(47)44-29)45-37(48)50-4/h5,7,11-18,23-24,29-30,33H,6,8-10,19-22H2,1-4H3,(H,40,42)(H,41,43)(H,44,47)(H,45,48)/b7-5-/t29-,30-,33-/m0/s1. The van der Waals surface area contributed by atoms with Crippen molar-refractivity contribution in [3.8, 4) is 33.6 Å². The number of nitrogens with zero attached hydrogens (tertiary/aromatic N) is 3. The van der Waals surface area contributed by atoms with E-state index in [1.54, 1.807) is 4.90 Å². The van der Waals surface area contributed by atoms with E-state index in [0.29, 0.717) is 44.8 Å². The molecular weight excluding hydrogens is 662 g/mol. The summed E-state index contributed by atoms with van der Waals surface area (Å²) in [5.41, 5.74) is 5.01. The molecule has 1 fully saturated rings. The van der Waals surface area contributed by atoms with Crippen molar-refractivity contribution in [3.63, 3.8) is 0 Å². The highest BCUT2D eigenvalue weighted by molar-refractivity contribution is 5.86. The second-order valence-corrected chi connectivity index (χ2v) is 14.0. The van der Waals surface area contributed by atoms with Crippen LogP contribution in [0.2, 0.25) is 0 Å². The van der Waals surface area contributed by atoms with Crippen molar-refractivity contribution in [1.82, 2.24) is 35.5 Å². The van der Waals surface area contributed by atoms with Crippen LogP contribution in [0.4, 0.5) is 9.59 Å². The Balaban J connectivity index is 1.11. The number of carbonyl (C=O) groups excluding carboxylic acids is 3. The molecule has 52 heavy (non-hydrogen) atoms. The van der Waals surface area contributed by atoms with Crippen LogP contribution in [-0.2, 0) is 19.0 Å². The first kappa shape index (κ1) is 36.4. The number of aromatic amines is 2. The summed E-state index contributed by atoms with van der Waals surface area (Å²) in [6.45, 7) is 7.16. The van der Waals surface area contributed by atoms with Gasteiger partial charge in [0.05, 0.1) is 37.2 Å². The first-order chi connectivity index (χ1) is 25.1. The van der Waals surface area contributed by atoms with Crippen molar-refractivity contribution in [2.75, 3.05) is 26.9 Å². The molecule has 3 amide bonds. The molecule has 13 heteroatoms. The molecule has 0 spiro atoms. The third-order valence-electron chi connectivity index (χ3n) is 9.08. The molecule has 1 saturated heterocycles. The number of hydrogen-bond acceptors (Lipinski definition) is 8. The third-order valence-corrected chi connectivity index (χ3v) is 9.08. The highest BCUT2D eigenvalue weighted by atomic mass is 16.6. The van der Waals surface area contributed by atoms with Crippen LogP contribution in [0, 0.1) is 0 Å². The lowest BCUT2D eigenvalue weighted by Gasteiger charge is -2.27. The van der Waals surface area contributed by atoms with Crippen molar-refractivity contribution < 1.29 is 28.6 Å². The lowest BCUT2D eigenvalue weighted by molar-refractivity contribution is -0.124. The quantitative estimate of drug-likeness (QED) is 0.158. The number of benzene rings is 2. The molecule has 0 unspecified atom stereocenters. The van der Waals surface area contributed by atoms with Gasteiger partial charge in [0.25, 0.3) is 0 Å². The van der Waals surface area contributed by atoms with E-state index in [9.17, 15) is 14.4 Å². The molecule has 4 aromatic rings. The molecule has 0 saturated carbocycles. The van der Waals surface area contributed by atoms with Gasteiger partial charge < -0.3 is 34.8 Å². The summed E-state index contributed by atoms with van der Waals surface area (Å²) in [5.74, 6) is 1.05. The Hall–Kier alpha value is -5.43. The molecule has 13 nitrogen and oxygen atoms in total. The number of likely N-dealkylation sites (tertiary alicyclic amines) is 1. The second kappa shape index (κ2) is 16.3. The van der Waals surface area contributed by atoms with Crippen molar-refractivity contribution in [2.45, 2.75) is 76.6 Å². The van der Waals surface area contributed by atoms with Gasteiger partial charge in [0.2, 0.25) is 5.91 Å². The molecule has 2 aromatic carbocycles. The predicted octanol–water partition coefficient (Wildman–Crippen LogP) is 6.84. The predicted molar refractivity (Wildman–Crippen MR) is 196 cm³/mol. The lowest BCUT2D eigenvalue weighted by Crippen LogP contribution is -2.48. The maximum Gasteiger partial charge on any atom is 0.410 e. The minimum atomic E-state index is -0.749. The van der Waals surface area contributed by atoms with E-state index < -0.39 is 23.8 Å². The smallest absolute Gasteiger partial charge is 0.410 e. The largest absolute Gasteiger partial charge is 0.453 e. The zero-order valence-electron chi connectivity index (χ0n) is 30.1. The first-order valence-corrected chi connectivity index (χ1v) is 17.8. The normalized spacial score (nSPS) is 20.7. The molecule has 4 N–H and O–H groups in total. The summed E-state index contributed by atoms with van der Waals surface area (Å²) in [4.78, 5) is 55.9. The zero-order valence-corrected chi connectivity index (χ0v) is 30.1. The van der Waals surface area contributed by atoms with Crippen molar-refractivity contribution in [2.24, 2.45) is 0 Å². The number of allylic oxidation sites excluding steroid dienone is 1. The number of rotatable bonds is 6. The SMILES string of the molecule is COC(=O)N[C@H]1CC/C=C\COCC[C@@H](c2nc(-c3ccc(-c4ccc(-c5c[nH]c([C@@H]6CCCN6C(=O)OC(C)(C)C)n5)cc4)cc3)c[nH]2)NC1=O. The highest BCUT2D eigenvalue weighted by Gasteiger charge is 2.35. The Kier molecular flexibility index (Phi) is 11.4. The zero-order chi connectivity index (χ0) is 36.7. The van der Waals surface area contributed by atoms with E-state index in [1.807, 2.05) is 69.6 Å². The monoisotopic (exact) mass is 709 g/mol. The molecule has 0 bridgehead atoms. The molecular formula is C39H47N7O6. The van der Waals surface area contributed by atoms with Crippen molar-refractivity contribution >= 4 is 18.1 Å². The van der Waals surface area contributed by atoms with Crippen LogP contribution >= 0.6 is 0 Å². The minimum absolute atomic E-state index is 0.139. The fraction of sp³-hybridized carbons (Fsp3) is 0.410. The molecule has 0 aliphatic carbocycles. The van der Waals surface area contributed by atoms with Crippen molar-refractivity contribution in [3.05, 3.63) is 84.7 Å². The molecule has 4 heterocycles. The van der Waals surface area contributed by atoms with Crippen LogP contribution < -0.4 is 10.6 Å². The summed E-state index contributed by atoms with van der Waals surface area (Å²) < 4.78 is 16.1. The maximum atomic E-state index is 13.2. The average Bonchev–Trinajstić information content (AvgIpc) is 3.92. The van der Waals surface area contributed by atoms with E-state index >= 15 is 0 Å². The van der Waals surface area contributed by atoms with Gasteiger partial charge in [-0.15, -0.1) is 0 Å². The minimum Gasteiger partial charge on any atom is -0.453 e. The lowest BCUT2D eigenvalue weighted by atomic mass is 10.0. The number of hydrogen-bond donors (Lipinski definition) is 4. The first-order valence-electron chi connectivity index (χ1n) is 17.8. The van der Waals surface area contributed by atoms with Gasteiger partial charge in [-0.05, 0) is 64.0 Å². The number of carbonyl (C=O) groups is 3. The molecule has 2 aliphatic rings. The Morgan fingerprint density at radius 2 is 1.48 bits per heavy atom. The Bertz CT molecular complexity index is 1860. The van der Waals surface area contributed by atoms with E-state index in [-0.39, 0.29) is 18.0 Å². The van der Waals surface area contributed by atoms with Gasteiger partial charge in [-0.3, -0.25) is 9.69 Å². The van der Waals surface area contributed by atoms with Crippen LogP contribution in [0.5, 0.6) is 0 Å². The number of nitrogens with one attached hydrogen (secondary N) is 4. The maximum absolute atomic E-state index is 13.2. The van der Waals surface area contributed by atoms with Gasteiger partial charge in [-0.2, -0.15) is 0 Å². The van der Waals surface area contributed by atoms with Gasteiger partial charge in [0.15, 0.2) is 0 Å². The number of aromatic nitrogens is 4. The molecule has 6 rings (SSSR count). The van der Waals surface area contributed by atoms with Gasteiger partial charge in [0, 0.05) is 36.7 Å². The van der Waals surface area contributed by atoms with Gasteiger partial charge >= 0.3 is 12.2 Å². The van der Waals surface area contributed by atoms with E-state index in [1.165, 1.54) is 7.11 Å². The topological polar surface area (TPSA) is 164 Å². The Morgan fingerprint density at radius 3 is 2.12 bits per heavy atom. The summed E-state index contributed by atoms with van der Waals surface area (Å²) in [6, 6.07) is 15.0.